The van der Waals surface area contributed by atoms with E-state index in [1.54, 1.807) is 37.3 Å². The largest absolute Gasteiger partial charge is 0.355 e. The van der Waals surface area contributed by atoms with E-state index in [1.165, 1.54) is 11.2 Å². The summed E-state index contributed by atoms with van der Waals surface area (Å²) in [6.45, 7) is 7.39. The van der Waals surface area contributed by atoms with Crippen LogP contribution in [0.15, 0.2) is 51.9 Å². The van der Waals surface area contributed by atoms with Gasteiger partial charge in [-0.1, -0.05) is 47.1 Å². The second-order valence-electron chi connectivity index (χ2n) is 9.48. The molecule has 1 unspecified atom stereocenters. The van der Waals surface area contributed by atoms with Crippen LogP contribution in [0, 0.1) is 26.7 Å². The van der Waals surface area contributed by atoms with Gasteiger partial charge in [-0.15, -0.1) is 0 Å². The van der Waals surface area contributed by atoms with E-state index in [9.17, 15) is 18.0 Å². The average molecular weight is 522 g/mol. The Bertz CT molecular complexity index is 1470. The summed E-state index contributed by atoms with van der Waals surface area (Å²) in [5.74, 6) is -0.750. The zero-order chi connectivity index (χ0) is 26.7. The van der Waals surface area contributed by atoms with Crippen LogP contribution in [0.25, 0.3) is 12.2 Å². The molecule has 0 aliphatic carbocycles. The van der Waals surface area contributed by atoms with Crippen LogP contribution in [0.1, 0.15) is 58.3 Å². The average Bonchev–Trinajstić information content (AvgIpc) is 3.25. The maximum Gasteiger partial charge on any atom is 0.248 e. The predicted molar refractivity (Wildman–Crippen MR) is 143 cm³/mol. The Morgan fingerprint density at radius 1 is 1.11 bits per heavy atom. The van der Waals surface area contributed by atoms with Crippen molar-refractivity contribution in [1.29, 1.82) is 0 Å². The number of piperidine rings is 1. The first kappa shape index (κ1) is 26.5. The molecule has 1 aromatic heterocycles. The number of Topliss-reactive ketones (excluding diaryl/α,β-unsaturated/α-hetero) is 1. The Morgan fingerprint density at radius 2 is 1.89 bits per heavy atom. The van der Waals surface area contributed by atoms with Gasteiger partial charge in [-0.25, -0.2) is 8.42 Å². The first-order chi connectivity index (χ1) is 17.6. The molecule has 4 rings (SSSR count). The van der Waals surface area contributed by atoms with Crippen LogP contribution in [0.3, 0.4) is 0 Å². The van der Waals surface area contributed by atoms with Crippen LogP contribution in [0.4, 0.5) is 5.69 Å². The van der Waals surface area contributed by atoms with E-state index in [-0.39, 0.29) is 34.6 Å². The summed E-state index contributed by atoms with van der Waals surface area (Å²) in [5, 5.41) is 6.75. The Morgan fingerprint density at radius 3 is 2.65 bits per heavy atom. The number of aryl methyl sites for hydroxylation is 3. The van der Waals surface area contributed by atoms with Crippen molar-refractivity contribution in [3.8, 4) is 0 Å². The monoisotopic (exact) mass is 521 g/mol. The number of nitrogens with one attached hydrogen (secondary N) is 1. The molecule has 1 fully saturated rings. The minimum Gasteiger partial charge on any atom is -0.355 e. The lowest BCUT2D eigenvalue weighted by Crippen LogP contribution is -2.43. The second-order valence-corrected chi connectivity index (χ2v) is 11.4. The number of anilines is 1. The van der Waals surface area contributed by atoms with E-state index in [1.807, 2.05) is 38.1 Å². The first-order valence-electron chi connectivity index (χ1n) is 12.2. The zero-order valence-electron chi connectivity index (χ0n) is 21.4. The van der Waals surface area contributed by atoms with E-state index < -0.39 is 15.9 Å². The normalized spacial score (nSPS) is 16.7. The third-order valence-corrected chi connectivity index (χ3v) is 8.60. The van der Waals surface area contributed by atoms with E-state index in [0.717, 1.165) is 16.7 Å². The summed E-state index contributed by atoms with van der Waals surface area (Å²) in [6, 6.07) is 12.7. The van der Waals surface area contributed by atoms with Crippen molar-refractivity contribution in [2.75, 3.05) is 18.4 Å². The zero-order valence-corrected chi connectivity index (χ0v) is 22.3. The van der Waals surface area contributed by atoms with Gasteiger partial charge in [0.05, 0.1) is 5.92 Å². The molecule has 1 aliphatic heterocycles. The summed E-state index contributed by atoms with van der Waals surface area (Å²) in [5.41, 5.74) is 4.38. The first-order valence-corrected chi connectivity index (χ1v) is 13.6. The van der Waals surface area contributed by atoms with Gasteiger partial charge in [0, 0.05) is 24.3 Å². The summed E-state index contributed by atoms with van der Waals surface area (Å²) < 4.78 is 34.1. The predicted octanol–water partition coefficient (Wildman–Crippen LogP) is 5.01. The highest BCUT2D eigenvalue weighted by Gasteiger charge is 2.37. The Labute approximate surface area is 217 Å². The summed E-state index contributed by atoms with van der Waals surface area (Å²) in [6.07, 6.45) is 4.56. The third kappa shape index (κ3) is 5.89. The number of aromatic nitrogens is 1. The molecule has 2 heterocycles. The lowest BCUT2D eigenvalue weighted by Gasteiger charge is -2.31. The van der Waals surface area contributed by atoms with E-state index in [4.69, 9.17) is 4.52 Å². The molecule has 1 aliphatic rings. The molecule has 2 aromatic carbocycles. The molecule has 8 nitrogen and oxygen atoms in total. The smallest absolute Gasteiger partial charge is 0.248 e. The summed E-state index contributed by atoms with van der Waals surface area (Å²) >= 11 is 0. The minimum atomic E-state index is -3.96. The quantitative estimate of drug-likeness (QED) is 0.438. The van der Waals surface area contributed by atoms with Crippen LogP contribution in [-0.4, -0.2) is 42.7 Å². The maximum absolute atomic E-state index is 13.7. The SMILES string of the molecule is CC(=O)c1cccc(NC(=O)C2CCCN(S(=O)(=O)c3c(C)noc3C=Cc3cc(C)ccc3C)C2)c1. The van der Waals surface area contributed by atoms with Crippen LogP contribution in [0.5, 0.6) is 0 Å². The van der Waals surface area contributed by atoms with Crippen molar-refractivity contribution < 1.29 is 22.5 Å². The third-order valence-electron chi connectivity index (χ3n) is 6.57. The number of hydrogen-bond donors (Lipinski definition) is 1. The molecular weight excluding hydrogens is 490 g/mol. The molecule has 1 N–H and O–H groups in total. The standard InChI is InChI=1S/C28H31N3O5S/c1-18-10-11-19(2)22(15-18)12-13-26-27(20(3)30-36-26)37(34,35)31-14-6-8-24(17-31)28(33)29-25-9-5-7-23(16-25)21(4)32/h5,7,9-13,15-16,24H,6,8,14,17H2,1-4H3,(H,29,33). The summed E-state index contributed by atoms with van der Waals surface area (Å²) in [7, 11) is -3.96. The number of ketones is 1. The van der Waals surface area contributed by atoms with Gasteiger partial charge in [0.2, 0.25) is 15.9 Å². The Balaban J connectivity index is 1.54. The van der Waals surface area contributed by atoms with Gasteiger partial charge in [0.25, 0.3) is 0 Å². The fourth-order valence-electron chi connectivity index (χ4n) is 4.47. The lowest BCUT2D eigenvalue weighted by molar-refractivity contribution is -0.120. The molecule has 0 saturated carbocycles. The van der Waals surface area contributed by atoms with Crippen LogP contribution in [0.2, 0.25) is 0 Å². The van der Waals surface area contributed by atoms with Crippen molar-refractivity contribution in [2.45, 2.75) is 45.4 Å². The van der Waals surface area contributed by atoms with Crippen molar-refractivity contribution in [1.82, 2.24) is 9.46 Å². The number of benzene rings is 2. The van der Waals surface area contributed by atoms with Crippen LogP contribution in [-0.2, 0) is 14.8 Å². The molecule has 1 atom stereocenters. The molecule has 9 heteroatoms. The van der Waals surface area contributed by atoms with Crippen LogP contribution >= 0.6 is 0 Å². The molecule has 3 aromatic rings. The van der Waals surface area contributed by atoms with Gasteiger partial charge in [0.15, 0.2) is 16.4 Å². The van der Waals surface area contributed by atoms with Crippen LogP contribution < -0.4 is 5.32 Å². The van der Waals surface area contributed by atoms with Crippen molar-refractivity contribution in [3.63, 3.8) is 0 Å². The number of carbonyl (C=O) groups is 2. The molecule has 37 heavy (non-hydrogen) atoms. The molecular formula is C28H31N3O5S. The van der Waals surface area contributed by atoms with Crippen molar-refractivity contribution in [3.05, 3.63) is 76.2 Å². The van der Waals surface area contributed by atoms with Gasteiger partial charge >= 0.3 is 0 Å². The topological polar surface area (TPSA) is 110 Å². The number of amides is 1. The lowest BCUT2D eigenvalue weighted by atomic mass is 9.98. The van der Waals surface area contributed by atoms with Gasteiger partial charge in [0.1, 0.15) is 5.69 Å². The van der Waals surface area contributed by atoms with E-state index in [0.29, 0.717) is 30.6 Å². The highest BCUT2D eigenvalue weighted by Crippen LogP contribution is 2.30. The summed E-state index contributed by atoms with van der Waals surface area (Å²) in [4.78, 5) is 24.7. The molecule has 194 valence electrons. The van der Waals surface area contributed by atoms with Crippen molar-refractivity contribution in [2.24, 2.45) is 5.92 Å². The minimum absolute atomic E-state index is 0.0178. The fraction of sp³-hybridized carbons (Fsp3) is 0.321. The van der Waals surface area contributed by atoms with Gasteiger partial charge in [-0.2, -0.15) is 4.31 Å². The number of rotatable bonds is 7. The van der Waals surface area contributed by atoms with E-state index >= 15 is 0 Å². The second kappa shape index (κ2) is 10.8. The highest BCUT2D eigenvalue weighted by atomic mass is 32.2. The van der Waals surface area contributed by atoms with Gasteiger partial charge in [-0.05, 0) is 69.9 Å². The number of sulfonamides is 1. The van der Waals surface area contributed by atoms with Gasteiger partial charge in [-0.3, -0.25) is 9.59 Å². The molecule has 1 saturated heterocycles. The Hall–Kier alpha value is -3.56. The van der Waals surface area contributed by atoms with Crippen molar-refractivity contribution >= 4 is 39.6 Å². The van der Waals surface area contributed by atoms with E-state index in [2.05, 4.69) is 10.5 Å². The maximum atomic E-state index is 13.7. The molecule has 0 radical (unpaired) electrons. The number of hydrogen-bond acceptors (Lipinski definition) is 6. The fourth-order valence-corrected chi connectivity index (χ4v) is 6.24. The number of carbonyl (C=O) groups excluding carboxylic acids is 2. The molecule has 0 bridgehead atoms. The Kier molecular flexibility index (Phi) is 7.75. The molecule has 1 amide bonds. The molecule has 0 spiro atoms. The number of nitrogens with zero attached hydrogens (tertiary/aromatic N) is 2. The highest BCUT2D eigenvalue weighted by molar-refractivity contribution is 7.89. The van der Waals surface area contributed by atoms with Gasteiger partial charge < -0.3 is 9.84 Å².